The van der Waals surface area contributed by atoms with Crippen LogP contribution in [0.15, 0.2) is 0 Å². The zero-order valence-corrected chi connectivity index (χ0v) is 10.4. The molecule has 0 spiro atoms. The number of H-pyrrole nitrogens is 1. The minimum Gasteiger partial charge on any atom is -0.481 e. The summed E-state index contributed by atoms with van der Waals surface area (Å²) >= 11 is 0. The molecule has 100 valence electrons. The molecular weight excluding hydrogens is 238 g/mol. The Kier molecular flexibility index (Phi) is 5.22. The molecule has 1 aromatic heterocycles. The van der Waals surface area contributed by atoms with Gasteiger partial charge >= 0.3 is 5.97 Å². The van der Waals surface area contributed by atoms with Crippen molar-refractivity contribution in [1.82, 2.24) is 25.9 Å². The van der Waals surface area contributed by atoms with Crippen LogP contribution in [0.5, 0.6) is 0 Å². The van der Waals surface area contributed by atoms with Gasteiger partial charge in [-0.2, -0.15) is 5.21 Å². The molecule has 0 aliphatic carbocycles. The van der Waals surface area contributed by atoms with Crippen LogP contribution in [0.3, 0.4) is 0 Å². The molecule has 1 rings (SSSR count). The van der Waals surface area contributed by atoms with Gasteiger partial charge < -0.3 is 10.4 Å². The van der Waals surface area contributed by atoms with E-state index in [0.717, 1.165) is 6.42 Å². The van der Waals surface area contributed by atoms with E-state index >= 15 is 0 Å². The number of amides is 1. The molecule has 8 nitrogen and oxygen atoms in total. The molecule has 1 amide bonds. The minimum atomic E-state index is -0.866. The van der Waals surface area contributed by atoms with Gasteiger partial charge in [-0.05, 0) is 23.5 Å². The lowest BCUT2D eigenvalue weighted by Crippen LogP contribution is -2.31. The van der Waals surface area contributed by atoms with Crippen molar-refractivity contribution in [1.29, 1.82) is 0 Å². The van der Waals surface area contributed by atoms with Crippen LogP contribution in [0.1, 0.15) is 37.3 Å². The lowest BCUT2D eigenvalue weighted by molar-refractivity contribution is -0.138. The van der Waals surface area contributed by atoms with Gasteiger partial charge in [0.2, 0.25) is 0 Å². The van der Waals surface area contributed by atoms with Crippen molar-refractivity contribution in [3.63, 3.8) is 0 Å². The molecule has 8 heteroatoms. The largest absolute Gasteiger partial charge is 0.481 e. The van der Waals surface area contributed by atoms with Crippen molar-refractivity contribution >= 4 is 11.9 Å². The van der Waals surface area contributed by atoms with E-state index in [1.54, 1.807) is 0 Å². The molecule has 18 heavy (non-hydrogen) atoms. The molecule has 0 aliphatic heterocycles. The average molecular weight is 255 g/mol. The summed E-state index contributed by atoms with van der Waals surface area (Å²) in [7, 11) is 0. The van der Waals surface area contributed by atoms with E-state index in [-0.39, 0.29) is 24.7 Å². The lowest BCUT2D eigenvalue weighted by Gasteiger charge is -2.17. The predicted molar refractivity (Wildman–Crippen MR) is 61.7 cm³/mol. The van der Waals surface area contributed by atoms with Crippen molar-refractivity contribution in [2.75, 3.05) is 6.54 Å². The number of nitrogens with zero attached hydrogens (tertiary/aromatic N) is 3. The molecule has 1 atom stereocenters. The third-order valence-corrected chi connectivity index (χ3v) is 2.37. The molecule has 0 aromatic carbocycles. The maximum atomic E-state index is 11.5. The molecule has 1 heterocycles. The normalized spacial score (nSPS) is 12.4. The van der Waals surface area contributed by atoms with E-state index in [1.165, 1.54) is 0 Å². The fourth-order valence-corrected chi connectivity index (χ4v) is 1.73. The highest BCUT2D eigenvalue weighted by molar-refractivity contribution is 5.90. The number of aliphatic carboxylic acids is 1. The molecule has 0 radical (unpaired) electrons. The Morgan fingerprint density at radius 3 is 2.67 bits per heavy atom. The highest BCUT2D eigenvalue weighted by Gasteiger charge is 2.17. The molecular formula is C10H17N5O3. The minimum absolute atomic E-state index is 0.0324. The van der Waals surface area contributed by atoms with Crippen LogP contribution in [0, 0.1) is 11.8 Å². The first-order valence-electron chi connectivity index (χ1n) is 5.72. The maximum Gasteiger partial charge on any atom is 0.303 e. The average Bonchev–Trinajstić information content (AvgIpc) is 2.77. The lowest BCUT2D eigenvalue weighted by atomic mass is 9.94. The summed E-state index contributed by atoms with van der Waals surface area (Å²) in [6.45, 7) is 4.31. The third kappa shape index (κ3) is 4.89. The van der Waals surface area contributed by atoms with Crippen molar-refractivity contribution in [2.45, 2.75) is 26.7 Å². The van der Waals surface area contributed by atoms with Crippen molar-refractivity contribution in [3.8, 4) is 0 Å². The van der Waals surface area contributed by atoms with Gasteiger partial charge in [0, 0.05) is 13.0 Å². The summed E-state index contributed by atoms with van der Waals surface area (Å²) in [4.78, 5) is 22.3. The zero-order valence-electron chi connectivity index (χ0n) is 10.4. The van der Waals surface area contributed by atoms with Crippen LogP contribution in [0.25, 0.3) is 0 Å². The van der Waals surface area contributed by atoms with Gasteiger partial charge in [-0.3, -0.25) is 9.59 Å². The third-order valence-electron chi connectivity index (χ3n) is 2.37. The van der Waals surface area contributed by atoms with Gasteiger partial charge in [0.15, 0.2) is 0 Å². The Morgan fingerprint density at radius 2 is 2.17 bits per heavy atom. The smallest absolute Gasteiger partial charge is 0.303 e. The zero-order chi connectivity index (χ0) is 13.5. The first kappa shape index (κ1) is 14.1. The second kappa shape index (κ2) is 6.67. The standard InChI is InChI=1S/C10H17N5O3/c1-6(2)3-7(4-8(16)17)5-11-10(18)9-12-14-15-13-9/h6-7H,3-5H2,1-2H3,(H,11,18)(H,16,17)(H,12,13,14,15)/t7-/m0/s1. The number of aromatic amines is 1. The molecule has 1 aromatic rings. The number of hydrogen-bond acceptors (Lipinski definition) is 5. The summed E-state index contributed by atoms with van der Waals surface area (Å²) in [5.74, 6) is -1.10. The molecule has 0 fully saturated rings. The Balaban J connectivity index is 2.45. The van der Waals surface area contributed by atoms with Crippen LogP contribution in [-0.4, -0.2) is 44.2 Å². The van der Waals surface area contributed by atoms with E-state index < -0.39 is 11.9 Å². The van der Waals surface area contributed by atoms with Gasteiger partial charge in [0.05, 0.1) is 0 Å². The van der Waals surface area contributed by atoms with E-state index in [9.17, 15) is 9.59 Å². The second-order valence-electron chi connectivity index (χ2n) is 4.54. The van der Waals surface area contributed by atoms with Gasteiger partial charge in [0.25, 0.3) is 11.7 Å². The first-order valence-corrected chi connectivity index (χ1v) is 5.72. The van der Waals surface area contributed by atoms with Crippen molar-refractivity contribution in [2.24, 2.45) is 11.8 Å². The summed E-state index contributed by atoms with van der Waals surface area (Å²) in [6, 6.07) is 0. The van der Waals surface area contributed by atoms with Gasteiger partial charge in [-0.15, -0.1) is 10.2 Å². The molecule has 0 bridgehead atoms. The van der Waals surface area contributed by atoms with Gasteiger partial charge in [-0.25, -0.2) is 0 Å². The van der Waals surface area contributed by atoms with E-state index in [0.29, 0.717) is 5.92 Å². The van der Waals surface area contributed by atoms with E-state index in [4.69, 9.17) is 5.11 Å². The highest BCUT2D eigenvalue weighted by Crippen LogP contribution is 2.14. The number of aromatic nitrogens is 4. The highest BCUT2D eigenvalue weighted by atomic mass is 16.4. The topological polar surface area (TPSA) is 121 Å². The van der Waals surface area contributed by atoms with E-state index in [1.807, 2.05) is 13.8 Å². The maximum absolute atomic E-state index is 11.5. The predicted octanol–water partition coefficient (Wildman–Crippen LogP) is 0.0665. The number of carbonyl (C=O) groups is 2. The number of tetrazole rings is 1. The molecule has 0 unspecified atom stereocenters. The monoisotopic (exact) mass is 255 g/mol. The molecule has 3 N–H and O–H groups in total. The summed E-state index contributed by atoms with van der Waals surface area (Å²) in [5, 5.41) is 23.9. The Hall–Kier alpha value is -1.99. The molecule has 0 aliphatic rings. The number of hydrogen-bond donors (Lipinski definition) is 3. The number of rotatable bonds is 7. The van der Waals surface area contributed by atoms with Crippen LogP contribution in [0.2, 0.25) is 0 Å². The fourth-order valence-electron chi connectivity index (χ4n) is 1.73. The van der Waals surface area contributed by atoms with Crippen LogP contribution >= 0.6 is 0 Å². The molecule has 0 saturated heterocycles. The van der Waals surface area contributed by atoms with Crippen LogP contribution in [0.4, 0.5) is 0 Å². The van der Waals surface area contributed by atoms with Crippen molar-refractivity contribution in [3.05, 3.63) is 5.82 Å². The number of carboxylic acids is 1. The van der Waals surface area contributed by atoms with Gasteiger partial charge in [-0.1, -0.05) is 13.8 Å². The number of nitrogens with one attached hydrogen (secondary N) is 2. The Labute approximate surface area is 104 Å². The SMILES string of the molecule is CC(C)C[C@H](CNC(=O)c1nn[nH]n1)CC(=O)O. The summed E-state index contributed by atoms with van der Waals surface area (Å²) in [6.07, 6.45) is 0.767. The fraction of sp³-hybridized carbons (Fsp3) is 0.700. The van der Waals surface area contributed by atoms with Gasteiger partial charge in [0.1, 0.15) is 0 Å². The van der Waals surface area contributed by atoms with Crippen LogP contribution < -0.4 is 5.32 Å². The van der Waals surface area contributed by atoms with E-state index in [2.05, 4.69) is 25.9 Å². The summed E-state index contributed by atoms with van der Waals surface area (Å²) in [5.41, 5.74) is 0. The number of carboxylic acid groups (broad SMARTS) is 1. The first-order chi connectivity index (χ1) is 8.49. The Morgan fingerprint density at radius 1 is 1.44 bits per heavy atom. The number of carbonyl (C=O) groups excluding carboxylic acids is 1. The quantitative estimate of drug-likeness (QED) is 0.633. The summed E-state index contributed by atoms with van der Waals surface area (Å²) < 4.78 is 0. The van der Waals surface area contributed by atoms with Crippen LogP contribution in [-0.2, 0) is 4.79 Å². The Bertz CT molecular complexity index is 390. The van der Waals surface area contributed by atoms with Crippen molar-refractivity contribution < 1.29 is 14.7 Å². The molecule has 0 saturated carbocycles. The second-order valence-corrected chi connectivity index (χ2v) is 4.54.